The zero-order chi connectivity index (χ0) is 17.1. The van der Waals surface area contributed by atoms with Gasteiger partial charge in [0.25, 0.3) is 5.91 Å². The molecule has 0 saturated heterocycles. The molecule has 0 atom stereocenters. The van der Waals surface area contributed by atoms with Gasteiger partial charge in [0, 0.05) is 24.7 Å². The predicted molar refractivity (Wildman–Crippen MR) is 95.7 cm³/mol. The summed E-state index contributed by atoms with van der Waals surface area (Å²) in [7, 11) is 0. The van der Waals surface area contributed by atoms with Crippen LogP contribution in [0, 0.1) is 0 Å². The highest BCUT2D eigenvalue weighted by Crippen LogP contribution is 2.11. The van der Waals surface area contributed by atoms with Crippen LogP contribution in [0.2, 0.25) is 0 Å². The van der Waals surface area contributed by atoms with E-state index in [-0.39, 0.29) is 5.91 Å². The predicted octanol–water partition coefficient (Wildman–Crippen LogP) is 2.72. The van der Waals surface area contributed by atoms with Crippen molar-refractivity contribution in [3.05, 3.63) is 78.4 Å². The van der Waals surface area contributed by atoms with Crippen molar-refractivity contribution >= 4 is 16.9 Å². The van der Waals surface area contributed by atoms with Crippen LogP contribution in [-0.4, -0.2) is 32.2 Å². The van der Waals surface area contributed by atoms with E-state index in [1.54, 1.807) is 12.4 Å². The Labute approximate surface area is 144 Å². The Balaban J connectivity index is 1.36. The topological polar surface area (TPSA) is 75.6 Å². The summed E-state index contributed by atoms with van der Waals surface area (Å²) in [5, 5.41) is 7.47. The van der Waals surface area contributed by atoms with Gasteiger partial charge in [-0.3, -0.25) is 4.79 Å². The number of imidazole rings is 1. The van der Waals surface area contributed by atoms with E-state index in [1.165, 1.54) is 0 Å². The molecule has 6 nitrogen and oxygen atoms in total. The van der Waals surface area contributed by atoms with Crippen molar-refractivity contribution in [3.63, 3.8) is 0 Å². The van der Waals surface area contributed by atoms with Crippen LogP contribution in [-0.2, 0) is 6.42 Å². The SMILES string of the molecule is O=C(NCCc1ccn(-c2ccccc2)n1)c1ccc2nc[nH]c2c1. The van der Waals surface area contributed by atoms with E-state index in [1.807, 2.05) is 59.4 Å². The number of amides is 1. The van der Waals surface area contributed by atoms with Crippen molar-refractivity contribution < 1.29 is 4.79 Å². The zero-order valence-electron chi connectivity index (χ0n) is 13.5. The van der Waals surface area contributed by atoms with Crippen LogP contribution in [0.1, 0.15) is 16.1 Å². The first-order valence-corrected chi connectivity index (χ1v) is 8.11. The number of carbonyl (C=O) groups excluding carboxylic acids is 1. The van der Waals surface area contributed by atoms with E-state index in [0.29, 0.717) is 18.5 Å². The van der Waals surface area contributed by atoms with Gasteiger partial charge >= 0.3 is 0 Å². The third-order valence-corrected chi connectivity index (χ3v) is 4.01. The molecule has 0 unspecified atom stereocenters. The molecule has 25 heavy (non-hydrogen) atoms. The summed E-state index contributed by atoms with van der Waals surface area (Å²) >= 11 is 0. The number of hydrogen-bond acceptors (Lipinski definition) is 3. The molecule has 2 heterocycles. The number of para-hydroxylation sites is 1. The highest BCUT2D eigenvalue weighted by molar-refractivity contribution is 5.97. The first kappa shape index (κ1) is 15.1. The van der Waals surface area contributed by atoms with Crippen LogP contribution < -0.4 is 5.32 Å². The Bertz CT molecular complexity index is 1000. The molecule has 0 radical (unpaired) electrons. The van der Waals surface area contributed by atoms with Gasteiger partial charge in [0.1, 0.15) is 0 Å². The van der Waals surface area contributed by atoms with Gasteiger partial charge in [-0.1, -0.05) is 18.2 Å². The zero-order valence-corrected chi connectivity index (χ0v) is 13.5. The molecule has 2 aromatic heterocycles. The summed E-state index contributed by atoms with van der Waals surface area (Å²) in [6.45, 7) is 0.533. The van der Waals surface area contributed by atoms with Crippen LogP contribution in [0.25, 0.3) is 16.7 Å². The molecule has 0 aliphatic carbocycles. The van der Waals surface area contributed by atoms with Gasteiger partial charge < -0.3 is 10.3 Å². The van der Waals surface area contributed by atoms with Crippen LogP contribution in [0.4, 0.5) is 0 Å². The molecule has 0 saturated carbocycles. The summed E-state index contributed by atoms with van der Waals surface area (Å²) in [6, 6.07) is 17.3. The van der Waals surface area contributed by atoms with Gasteiger partial charge in [0.05, 0.1) is 28.7 Å². The third kappa shape index (κ3) is 3.28. The lowest BCUT2D eigenvalue weighted by molar-refractivity contribution is 0.0954. The van der Waals surface area contributed by atoms with Crippen LogP contribution >= 0.6 is 0 Å². The maximum Gasteiger partial charge on any atom is 0.251 e. The molecular formula is C19H17N5O. The van der Waals surface area contributed by atoms with E-state index in [9.17, 15) is 4.79 Å². The Morgan fingerprint density at radius 1 is 1.12 bits per heavy atom. The quantitative estimate of drug-likeness (QED) is 0.590. The molecule has 4 aromatic rings. The van der Waals surface area contributed by atoms with Crippen molar-refractivity contribution in [1.29, 1.82) is 0 Å². The molecule has 0 aliphatic rings. The fourth-order valence-corrected chi connectivity index (χ4v) is 2.70. The molecule has 1 amide bonds. The van der Waals surface area contributed by atoms with Gasteiger partial charge in [-0.2, -0.15) is 5.10 Å². The highest BCUT2D eigenvalue weighted by Gasteiger charge is 2.08. The second-order valence-electron chi connectivity index (χ2n) is 5.73. The first-order valence-electron chi connectivity index (χ1n) is 8.11. The fourth-order valence-electron chi connectivity index (χ4n) is 2.70. The van der Waals surface area contributed by atoms with Gasteiger partial charge in [-0.25, -0.2) is 9.67 Å². The van der Waals surface area contributed by atoms with E-state index in [0.717, 1.165) is 22.4 Å². The standard InChI is InChI=1S/C19H17N5O/c25-19(14-6-7-17-18(12-14)22-13-21-17)20-10-8-15-9-11-24(23-15)16-4-2-1-3-5-16/h1-7,9,11-13H,8,10H2,(H,20,25)(H,21,22). The van der Waals surface area contributed by atoms with Gasteiger partial charge in [-0.05, 0) is 36.4 Å². The van der Waals surface area contributed by atoms with Crippen molar-refractivity contribution in [1.82, 2.24) is 25.1 Å². The van der Waals surface area contributed by atoms with Gasteiger partial charge in [0.2, 0.25) is 0 Å². The summed E-state index contributed by atoms with van der Waals surface area (Å²) in [5.74, 6) is -0.0982. The second kappa shape index (κ2) is 6.60. The van der Waals surface area contributed by atoms with Crippen LogP contribution in [0.15, 0.2) is 67.1 Å². The number of nitrogens with zero attached hydrogens (tertiary/aromatic N) is 3. The molecule has 0 fully saturated rings. The Hall–Kier alpha value is -3.41. The molecule has 2 N–H and O–H groups in total. The highest BCUT2D eigenvalue weighted by atomic mass is 16.1. The first-order chi connectivity index (χ1) is 12.3. The van der Waals surface area contributed by atoms with E-state index < -0.39 is 0 Å². The van der Waals surface area contributed by atoms with Gasteiger partial charge in [-0.15, -0.1) is 0 Å². The van der Waals surface area contributed by atoms with E-state index >= 15 is 0 Å². The number of aromatic nitrogens is 4. The number of nitrogens with one attached hydrogen (secondary N) is 2. The molecule has 4 rings (SSSR count). The molecule has 0 aliphatic heterocycles. The van der Waals surface area contributed by atoms with Crippen molar-refractivity contribution in [2.24, 2.45) is 0 Å². The minimum atomic E-state index is -0.0982. The molecule has 0 spiro atoms. The number of hydrogen-bond donors (Lipinski definition) is 2. The average molecular weight is 331 g/mol. The molecule has 124 valence electrons. The lowest BCUT2D eigenvalue weighted by Gasteiger charge is -2.04. The number of carbonyl (C=O) groups is 1. The smallest absolute Gasteiger partial charge is 0.251 e. The number of aromatic amines is 1. The van der Waals surface area contributed by atoms with Crippen LogP contribution in [0.3, 0.4) is 0 Å². The maximum absolute atomic E-state index is 12.3. The third-order valence-electron chi connectivity index (χ3n) is 4.01. The lowest BCUT2D eigenvalue weighted by atomic mass is 10.2. The normalized spacial score (nSPS) is 10.9. The number of fused-ring (bicyclic) bond motifs is 1. The van der Waals surface area contributed by atoms with E-state index in [2.05, 4.69) is 20.4 Å². The lowest BCUT2D eigenvalue weighted by Crippen LogP contribution is -2.25. The number of benzene rings is 2. The number of rotatable bonds is 5. The van der Waals surface area contributed by atoms with Crippen molar-refractivity contribution in [3.8, 4) is 5.69 Å². The fraction of sp³-hybridized carbons (Fsp3) is 0.105. The Morgan fingerprint density at radius 3 is 2.88 bits per heavy atom. The van der Waals surface area contributed by atoms with Gasteiger partial charge in [0.15, 0.2) is 0 Å². The summed E-state index contributed by atoms with van der Waals surface area (Å²) in [6.07, 6.45) is 4.23. The second-order valence-corrected chi connectivity index (χ2v) is 5.73. The van der Waals surface area contributed by atoms with Crippen molar-refractivity contribution in [2.45, 2.75) is 6.42 Å². The minimum absolute atomic E-state index is 0.0982. The van der Waals surface area contributed by atoms with E-state index in [4.69, 9.17) is 0 Å². The summed E-state index contributed by atoms with van der Waals surface area (Å²) in [4.78, 5) is 19.4. The Morgan fingerprint density at radius 2 is 2.00 bits per heavy atom. The van der Waals surface area contributed by atoms with Crippen molar-refractivity contribution in [2.75, 3.05) is 6.54 Å². The molecular weight excluding hydrogens is 314 g/mol. The average Bonchev–Trinajstić information content (AvgIpc) is 3.31. The van der Waals surface area contributed by atoms with Crippen LogP contribution in [0.5, 0.6) is 0 Å². The maximum atomic E-state index is 12.3. The monoisotopic (exact) mass is 331 g/mol. The largest absolute Gasteiger partial charge is 0.352 e. The summed E-state index contributed by atoms with van der Waals surface area (Å²) in [5.41, 5.74) is 4.28. The Kier molecular flexibility index (Phi) is 4.00. The molecule has 2 aromatic carbocycles. The number of H-pyrrole nitrogens is 1. The summed E-state index contributed by atoms with van der Waals surface area (Å²) < 4.78 is 1.84. The minimum Gasteiger partial charge on any atom is -0.352 e. The molecule has 6 heteroatoms. The molecule has 0 bridgehead atoms.